The van der Waals surface area contributed by atoms with Gasteiger partial charge < -0.3 is 10.6 Å². The van der Waals surface area contributed by atoms with Crippen molar-refractivity contribution in [1.82, 2.24) is 4.90 Å². The molecule has 0 bridgehead atoms. The predicted octanol–water partition coefficient (Wildman–Crippen LogP) is 2.06. The van der Waals surface area contributed by atoms with E-state index in [2.05, 4.69) is 0 Å². The zero-order valence-corrected chi connectivity index (χ0v) is 17.3. The minimum Gasteiger partial charge on any atom is -0.329 e. The number of sulfonamides is 1. The van der Waals surface area contributed by atoms with E-state index in [1.54, 1.807) is 49.4 Å². The predicted molar refractivity (Wildman–Crippen MR) is 111 cm³/mol. The minimum absolute atomic E-state index is 0.0170. The maximum atomic E-state index is 13.5. The van der Waals surface area contributed by atoms with Gasteiger partial charge in [-0.25, -0.2) is 12.7 Å². The highest BCUT2D eigenvalue weighted by Gasteiger charge is 2.42. The molecule has 2 N–H and O–H groups in total. The molecule has 2 amide bonds. The summed E-state index contributed by atoms with van der Waals surface area (Å²) >= 11 is 0. The Morgan fingerprint density at radius 2 is 1.72 bits per heavy atom. The van der Waals surface area contributed by atoms with Gasteiger partial charge in [-0.05, 0) is 51.0 Å². The fourth-order valence-electron chi connectivity index (χ4n) is 3.45. The number of nitrogens with two attached hydrogens (primary N) is 1. The topological polar surface area (TPSA) is 101 Å². The molecule has 0 spiro atoms. The number of rotatable bonds is 5. The quantitative estimate of drug-likeness (QED) is 0.806. The standard InChI is InChI=1S/C21H25N3O4S/c1-15-10-12-18(13-11-15)29(27,28)24(17-7-4-3-5-8-17)21(26)19-9-6-14-23(19)20(25)16(2)22/h3-5,7-8,10-13,16,19H,6,9,14,22H2,1-2H3/t16-,19-/m0/s1. The third-order valence-electron chi connectivity index (χ3n) is 4.96. The van der Waals surface area contributed by atoms with Gasteiger partial charge in [-0.1, -0.05) is 35.9 Å². The Kier molecular flexibility index (Phi) is 6.04. The average molecular weight is 416 g/mol. The number of hydrogen-bond acceptors (Lipinski definition) is 5. The highest BCUT2D eigenvalue weighted by atomic mass is 32.2. The molecule has 29 heavy (non-hydrogen) atoms. The molecule has 1 fully saturated rings. The molecule has 0 radical (unpaired) electrons. The summed E-state index contributed by atoms with van der Waals surface area (Å²) in [5.41, 5.74) is 6.86. The Balaban J connectivity index is 2.06. The van der Waals surface area contributed by atoms with Crippen molar-refractivity contribution in [2.24, 2.45) is 5.73 Å². The Morgan fingerprint density at radius 1 is 1.10 bits per heavy atom. The van der Waals surface area contributed by atoms with Crippen LogP contribution >= 0.6 is 0 Å². The van der Waals surface area contributed by atoms with E-state index in [9.17, 15) is 18.0 Å². The van der Waals surface area contributed by atoms with Crippen molar-refractivity contribution in [3.05, 3.63) is 60.2 Å². The number of amides is 2. The van der Waals surface area contributed by atoms with Gasteiger partial charge >= 0.3 is 0 Å². The highest BCUT2D eigenvalue weighted by Crippen LogP contribution is 2.29. The second-order valence-corrected chi connectivity index (χ2v) is 9.02. The third kappa shape index (κ3) is 4.18. The summed E-state index contributed by atoms with van der Waals surface area (Å²) in [6.45, 7) is 3.79. The van der Waals surface area contributed by atoms with Crippen molar-refractivity contribution < 1.29 is 18.0 Å². The molecule has 7 nitrogen and oxygen atoms in total. The summed E-state index contributed by atoms with van der Waals surface area (Å²) in [4.78, 5) is 27.4. The van der Waals surface area contributed by atoms with Crippen molar-refractivity contribution in [1.29, 1.82) is 0 Å². The zero-order chi connectivity index (χ0) is 21.2. The lowest BCUT2D eigenvalue weighted by atomic mass is 10.2. The van der Waals surface area contributed by atoms with E-state index in [4.69, 9.17) is 5.73 Å². The molecule has 1 saturated heterocycles. The number of benzene rings is 2. The second kappa shape index (κ2) is 8.34. The van der Waals surface area contributed by atoms with Crippen molar-refractivity contribution in [3.63, 3.8) is 0 Å². The molecule has 0 aromatic heterocycles. The van der Waals surface area contributed by atoms with Crippen LogP contribution in [-0.4, -0.2) is 43.8 Å². The summed E-state index contributed by atoms with van der Waals surface area (Å²) < 4.78 is 27.7. The number of carbonyl (C=O) groups excluding carboxylic acids is 2. The van der Waals surface area contributed by atoms with E-state index in [0.717, 1.165) is 9.87 Å². The van der Waals surface area contributed by atoms with E-state index in [-0.39, 0.29) is 16.5 Å². The van der Waals surface area contributed by atoms with Gasteiger partial charge in [0.1, 0.15) is 6.04 Å². The maximum Gasteiger partial charge on any atom is 0.270 e. The number of nitrogens with zero attached hydrogens (tertiary/aromatic N) is 2. The van der Waals surface area contributed by atoms with Gasteiger partial charge in [-0.2, -0.15) is 0 Å². The first-order valence-corrected chi connectivity index (χ1v) is 10.9. The first-order valence-electron chi connectivity index (χ1n) is 9.50. The Hall–Kier alpha value is -2.71. The largest absolute Gasteiger partial charge is 0.329 e. The second-order valence-electron chi connectivity index (χ2n) is 7.23. The van der Waals surface area contributed by atoms with Crippen LogP contribution < -0.4 is 10.0 Å². The molecule has 1 heterocycles. The number of likely N-dealkylation sites (tertiary alicyclic amines) is 1. The van der Waals surface area contributed by atoms with E-state index in [1.807, 2.05) is 6.92 Å². The number of carbonyl (C=O) groups is 2. The van der Waals surface area contributed by atoms with E-state index < -0.39 is 28.0 Å². The first-order chi connectivity index (χ1) is 13.7. The van der Waals surface area contributed by atoms with Crippen LogP contribution in [0.5, 0.6) is 0 Å². The van der Waals surface area contributed by atoms with Crippen LogP contribution in [0.4, 0.5) is 5.69 Å². The van der Waals surface area contributed by atoms with Crippen molar-refractivity contribution in [3.8, 4) is 0 Å². The SMILES string of the molecule is Cc1ccc(S(=O)(=O)N(C(=O)[C@@H]2CCCN2C(=O)[C@H](C)N)c2ccccc2)cc1. The fourth-order valence-corrected chi connectivity index (χ4v) is 4.90. The monoisotopic (exact) mass is 415 g/mol. The molecular formula is C21H25N3O4S. The molecule has 0 unspecified atom stereocenters. The van der Waals surface area contributed by atoms with Crippen LogP contribution in [0.25, 0.3) is 0 Å². The summed E-state index contributed by atoms with van der Waals surface area (Å²) in [6, 6.07) is 12.9. The van der Waals surface area contributed by atoms with Crippen molar-refractivity contribution in [2.75, 3.05) is 10.8 Å². The van der Waals surface area contributed by atoms with Gasteiger partial charge in [0.05, 0.1) is 16.6 Å². The van der Waals surface area contributed by atoms with Gasteiger partial charge in [-0.3, -0.25) is 9.59 Å². The average Bonchev–Trinajstić information content (AvgIpc) is 3.18. The van der Waals surface area contributed by atoms with Crippen LogP contribution in [0, 0.1) is 6.92 Å². The van der Waals surface area contributed by atoms with Crippen LogP contribution in [0.3, 0.4) is 0 Å². The smallest absolute Gasteiger partial charge is 0.270 e. The van der Waals surface area contributed by atoms with Crippen LogP contribution in [0.15, 0.2) is 59.5 Å². The summed E-state index contributed by atoms with van der Waals surface area (Å²) in [5.74, 6) is -1.01. The highest BCUT2D eigenvalue weighted by molar-refractivity contribution is 7.93. The van der Waals surface area contributed by atoms with E-state index in [1.165, 1.54) is 17.0 Å². The molecule has 154 valence electrons. The normalized spacial score (nSPS) is 17.8. The van der Waals surface area contributed by atoms with Crippen LogP contribution in [0.2, 0.25) is 0 Å². The lowest BCUT2D eigenvalue weighted by molar-refractivity contribution is -0.137. The first kappa shape index (κ1) is 21.0. The molecule has 8 heteroatoms. The van der Waals surface area contributed by atoms with Crippen molar-refractivity contribution in [2.45, 2.75) is 43.7 Å². The van der Waals surface area contributed by atoms with Gasteiger partial charge in [0.15, 0.2) is 0 Å². The van der Waals surface area contributed by atoms with Crippen LogP contribution in [0.1, 0.15) is 25.3 Å². The molecule has 0 aliphatic carbocycles. The Morgan fingerprint density at radius 3 is 2.31 bits per heavy atom. The molecule has 1 aliphatic rings. The number of aryl methyl sites for hydroxylation is 1. The Bertz CT molecular complexity index is 988. The zero-order valence-electron chi connectivity index (χ0n) is 16.5. The van der Waals surface area contributed by atoms with Gasteiger partial charge in [0.2, 0.25) is 5.91 Å². The lowest BCUT2D eigenvalue weighted by Gasteiger charge is -2.30. The summed E-state index contributed by atoms with van der Waals surface area (Å²) in [7, 11) is -4.16. The van der Waals surface area contributed by atoms with Gasteiger partial charge in [0, 0.05) is 6.54 Å². The molecule has 1 aliphatic heterocycles. The summed E-state index contributed by atoms with van der Waals surface area (Å²) in [6.07, 6.45) is 1.01. The maximum absolute atomic E-state index is 13.5. The molecule has 0 saturated carbocycles. The number of para-hydroxylation sites is 1. The summed E-state index contributed by atoms with van der Waals surface area (Å²) in [5, 5.41) is 0. The van der Waals surface area contributed by atoms with E-state index in [0.29, 0.717) is 19.4 Å². The molecular weight excluding hydrogens is 390 g/mol. The molecule has 3 rings (SSSR count). The van der Waals surface area contributed by atoms with Gasteiger partial charge in [-0.15, -0.1) is 0 Å². The molecule has 2 aromatic rings. The lowest BCUT2D eigenvalue weighted by Crippen LogP contribution is -2.52. The minimum atomic E-state index is -4.16. The fraction of sp³-hybridized carbons (Fsp3) is 0.333. The van der Waals surface area contributed by atoms with E-state index >= 15 is 0 Å². The Labute approximate surface area is 171 Å². The third-order valence-corrected chi connectivity index (χ3v) is 6.70. The number of anilines is 1. The number of hydrogen-bond donors (Lipinski definition) is 1. The molecule has 2 aromatic carbocycles. The van der Waals surface area contributed by atoms with Gasteiger partial charge in [0.25, 0.3) is 15.9 Å². The molecule has 2 atom stereocenters. The van der Waals surface area contributed by atoms with Crippen molar-refractivity contribution >= 4 is 27.5 Å². The van der Waals surface area contributed by atoms with Crippen LogP contribution in [-0.2, 0) is 19.6 Å².